The molecule has 3 atom stereocenters. The molecule has 176 valence electrons. The molecular formula is C27H28N2O5. The molecule has 2 saturated heterocycles. The SMILES string of the molecule is CCc1ccc(N2C[C@H](C(=O)Oc3cccc(N4C(=O)[C@H]5CCCC[C@H]5C4=O)c3)CC2=O)cc1. The maximum absolute atomic E-state index is 12.9. The maximum Gasteiger partial charge on any atom is 0.316 e. The van der Waals surface area contributed by atoms with Crippen molar-refractivity contribution >= 4 is 35.1 Å². The third kappa shape index (κ3) is 4.00. The second kappa shape index (κ2) is 9.05. The highest BCUT2D eigenvalue weighted by atomic mass is 16.5. The molecule has 1 saturated carbocycles. The number of hydrogen-bond donors (Lipinski definition) is 0. The van der Waals surface area contributed by atoms with Crippen LogP contribution in [0.1, 0.15) is 44.6 Å². The lowest BCUT2D eigenvalue weighted by Crippen LogP contribution is -2.31. The molecule has 5 rings (SSSR count). The standard InChI is InChI=1S/C27H28N2O5/c1-2-17-10-12-19(13-11-17)28-16-18(14-24(28)30)27(33)34-21-7-5-6-20(15-21)29-25(31)22-8-3-4-9-23(22)26(29)32/h5-7,10-13,15,18,22-23H,2-4,8-9,14,16H2,1H3/t18-,22-,23+/m1/s1. The van der Waals surface area contributed by atoms with Crippen LogP contribution in [-0.4, -0.2) is 30.2 Å². The van der Waals surface area contributed by atoms with E-state index in [2.05, 4.69) is 6.92 Å². The molecule has 3 amide bonds. The van der Waals surface area contributed by atoms with Gasteiger partial charge in [-0.05, 0) is 49.1 Å². The second-order valence-corrected chi connectivity index (χ2v) is 9.35. The van der Waals surface area contributed by atoms with Gasteiger partial charge in [0.05, 0.1) is 23.4 Å². The van der Waals surface area contributed by atoms with Crippen LogP contribution < -0.4 is 14.5 Å². The summed E-state index contributed by atoms with van der Waals surface area (Å²) in [7, 11) is 0. The minimum Gasteiger partial charge on any atom is -0.426 e. The Morgan fingerprint density at radius 2 is 1.62 bits per heavy atom. The number of anilines is 2. The van der Waals surface area contributed by atoms with E-state index in [1.54, 1.807) is 29.2 Å². The minimum absolute atomic E-state index is 0.0838. The van der Waals surface area contributed by atoms with Crippen molar-refractivity contribution in [1.82, 2.24) is 0 Å². The third-order valence-corrected chi connectivity index (χ3v) is 7.25. The van der Waals surface area contributed by atoms with Gasteiger partial charge in [0.2, 0.25) is 17.7 Å². The van der Waals surface area contributed by atoms with Crippen LogP contribution in [-0.2, 0) is 25.6 Å². The first-order valence-electron chi connectivity index (χ1n) is 12.0. The highest BCUT2D eigenvalue weighted by Crippen LogP contribution is 2.40. The molecule has 0 radical (unpaired) electrons. The summed E-state index contributed by atoms with van der Waals surface area (Å²) in [6, 6.07) is 14.3. The first-order chi connectivity index (χ1) is 16.5. The van der Waals surface area contributed by atoms with Crippen LogP contribution in [0, 0.1) is 17.8 Å². The Morgan fingerprint density at radius 3 is 2.26 bits per heavy atom. The topological polar surface area (TPSA) is 84.0 Å². The zero-order valence-corrected chi connectivity index (χ0v) is 19.2. The van der Waals surface area contributed by atoms with Gasteiger partial charge in [-0.15, -0.1) is 0 Å². The molecule has 3 aliphatic rings. The van der Waals surface area contributed by atoms with Gasteiger partial charge in [0.1, 0.15) is 5.75 Å². The number of carbonyl (C=O) groups is 4. The fourth-order valence-electron chi connectivity index (χ4n) is 5.33. The molecule has 1 aliphatic carbocycles. The molecule has 0 unspecified atom stereocenters. The average Bonchev–Trinajstić information content (AvgIpc) is 3.37. The number of imide groups is 1. The van der Waals surface area contributed by atoms with E-state index in [-0.39, 0.29) is 48.3 Å². The van der Waals surface area contributed by atoms with Crippen molar-refractivity contribution in [3.8, 4) is 5.75 Å². The van der Waals surface area contributed by atoms with Crippen LogP contribution in [0.15, 0.2) is 48.5 Å². The zero-order valence-electron chi connectivity index (χ0n) is 19.2. The van der Waals surface area contributed by atoms with E-state index in [1.807, 2.05) is 24.3 Å². The molecule has 0 N–H and O–H groups in total. The van der Waals surface area contributed by atoms with Crippen LogP contribution in [0.4, 0.5) is 11.4 Å². The van der Waals surface area contributed by atoms with Gasteiger partial charge in [0.15, 0.2) is 0 Å². The van der Waals surface area contributed by atoms with Crippen LogP contribution in [0.5, 0.6) is 5.75 Å². The molecule has 34 heavy (non-hydrogen) atoms. The molecule has 3 fully saturated rings. The van der Waals surface area contributed by atoms with E-state index in [4.69, 9.17) is 4.74 Å². The smallest absolute Gasteiger partial charge is 0.316 e. The summed E-state index contributed by atoms with van der Waals surface area (Å²) >= 11 is 0. The van der Waals surface area contributed by atoms with Gasteiger partial charge in [0.25, 0.3) is 0 Å². The summed E-state index contributed by atoms with van der Waals surface area (Å²) in [4.78, 5) is 54.1. The van der Waals surface area contributed by atoms with E-state index in [1.165, 1.54) is 10.5 Å². The summed E-state index contributed by atoms with van der Waals surface area (Å²) in [5.74, 6) is -1.74. The van der Waals surface area contributed by atoms with E-state index in [0.29, 0.717) is 5.69 Å². The highest BCUT2D eigenvalue weighted by molar-refractivity contribution is 6.22. The van der Waals surface area contributed by atoms with Crippen molar-refractivity contribution in [1.29, 1.82) is 0 Å². The normalized spacial score (nSPS) is 24.5. The second-order valence-electron chi connectivity index (χ2n) is 9.35. The Bertz CT molecular complexity index is 1120. The largest absolute Gasteiger partial charge is 0.426 e. The monoisotopic (exact) mass is 460 g/mol. The number of fused-ring (bicyclic) bond motifs is 1. The van der Waals surface area contributed by atoms with E-state index in [9.17, 15) is 19.2 Å². The molecule has 0 aromatic heterocycles. The molecule has 0 bridgehead atoms. The Labute approximate surface area is 198 Å². The molecule has 2 aromatic rings. The highest BCUT2D eigenvalue weighted by Gasteiger charge is 2.48. The van der Waals surface area contributed by atoms with Crippen molar-refractivity contribution in [2.75, 3.05) is 16.3 Å². The number of esters is 1. The third-order valence-electron chi connectivity index (χ3n) is 7.25. The van der Waals surface area contributed by atoms with E-state index in [0.717, 1.165) is 37.8 Å². The van der Waals surface area contributed by atoms with Gasteiger partial charge >= 0.3 is 5.97 Å². The van der Waals surface area contributed by atoms with Crippen molar-refractivity contribution in [2.45, 2.75) is 45.4 Å². The number of carbonyl (C=O) groups excluding carboxylic acids is 4. The molecular weight excluding hydrogens is 432 g/mol. The number of benzene rings is 2. The van der Waals surface area contributed by atoms with Crippen LogP contribution >= 0.6 is 0 Å². The molecule has 0 spiro atoms. The Morgan fingerprint density at radius 1 is 0.941 bits per heavy atom. The predicted molar refractivity (Wildman–Crippen MR) is 126 cm³/mol. The van der Waals surface area contributed by atoms with Crippen LogP contribution in [0.25, 0.3) is 0 Å². The lowest BCUT2D eigenvalue weighted by Gasteiger charge is -2.19. The number of amides is 3. The number of rotatable bonds is 5. The van der Waals surface area contributed by atoms with Crippen LogP contribution in [0.2, 0.25) is 0 Å². The van der Waals surface area contributed by atoms with Gasteiger partial charge in [-0.25, -0.2) is 4.90 Å². The number of ether oxygens (including phenoxy) is 1. The fraction of sp³-hybridized carbons (Fsp3) is 0.407. The lowest BCUT2D eigenvalue weighted by molar-refractivity contribution is -0.139. The van der Waals surface area contributed by atoms with Crippen molar-refractivity contribution in [3.05, 3.63) is 54.1 Å². The van der Waals surface area contributed by atoms with E-state index >= 15 is 0 Å². The summed E-state index contributed by atoms with van der Waals surface area (Å²) in [5.41, 5.74) is 2.38. The molecule has 2 aliphatic heterocycles. The van der Waals surface area contributed by atoms with Gasteiger partial charge in [-0.3, -0.25) is 19.2 Å². The minimum atomic E-state index is -0.583. The summed E-state index contributed by atoms with van der Waals surface area (Å²) < 4.78 is 5.59. The van der Waals surface area contributed by atoms with E-state index < -0.39 is 11.9 Å². The lowest BCUT2D eigenvalue weighted by atomic mass is 9.81. The van der Waals surface area contributed by atoms with Gasteiger partial charge in [0, 0.05) is 24.7 Å². The number of nitrogens with zero attached hydrogens (tertiary/aromatic N) is 2. The fourth-order valence-corrected chi connectivity index (χ4v) is 5.33. The van der Waals surface area contributed by atoms with Crippen molar-refractivity contribution in [2.24, 2.45) is 17.8 Å². The number of hydrogen-bond acceptors (Lipinski definition) is 5. The predicted octanol–water partition coefficient (Wildman–Crippen LogP) is 3.89. The quantitative estimate of drug-likeness (QED) is 0.384. The van der Waals surface area contributed by atoms with Crippen molar-refractivity contribution < 1.29 is 23.9 Å². The molecule has 7 nitrogen and oxygen atoms in total. The Balaban J connectivity index is 1.27. The summed E-state index contributed by atoms with van der Waals surface area (Å²) in [6.45, 7) is 2.33. The molecule has 2 heterocycles. The summed E-state index contributed by atoms with van der Waals surface area (Å²) in [6.07, 6.45) is 4.41. The Hall–Kier alpha value is -3.48. The molecule has 2 aromatic carbocycles. The number of aryl methyl sites for hydroxylation is 1. The van der Waals surface area contributed by atoms with Gasteiger partial charge in [-0.2, -0.15) is 0 Å². The average molecular weight is 461 g/mol. The van der Waals surface area contributed by atoms with Gasteiger partial charge in [-0.1, -0.05) is 38.0 Å². The summed E-state index contributed by atoms with van der Waals surface area (Å²) in [5, 5.41) is 0. The zero-order chi connectivity index (χ0) is 23.8. The van der Waals surface area contributed by atoms with Crippen molar-refractivity contribution in [3.63, 3.8) is 0 Å². The Kier molecular flexibility index (Phi) is 5.94. The maximum atomic E-state index is 12.9. The first-order valence-corrected chi connectivity index (χ1v) is 12.0. The molecule has 7 heteroatoms. The van der Waals surface area contributed by atoms with Gasteiger partial charge < -0.3 is 9.64 Å². The first kappa shape index (κ1) is 22.3. The van der Waals surface area contributed by atoms with Crippen LogP contribution in [0.3, 0.4) is 0 Å².